The second-order valence-electron chi connectivity index (χ2n) is 5.18. The van der Waals surface area contributed by atoms with E-state index in [9.17, 15) is 9.59 Å². The molecule has 1 heterocycles. The van der Waals surface area contributed by atoms with Gasteiger partial charge < -0.3 is 15.3 Å². The Morgan fingerprint density at radius 1 is 1.25 bits per heavy atom. The van der Waals surface area contributed by atoms with Crippen LogP contribution in [0.1, 0.15) is 18.4 Å². The van der Waals surface area contributed by atoms with Gasteiger partial charge in [0.15, 0.2) is 0 Å². The molecule has 1 aromatic rings. The van der Waals surface area contributed by atoms with Gasteiger partial charge in [-0.2, -0.15) is 0 Å². The summed E-state index contributed by atoms with van der Waals surface area (Å²) in [6.45, 7) is 3.29. The van der Waals surface area contributed by atoms with Gasteiger partial charge in [0, 0.05) is 11.6 Å². The molecule has 108 valence electrons. The molecule has 1 aromatic carbocycles. The minimum absolute atomic E-state index is 0.0854. The van der Waals surface area contributed by atoms with Gasteiger partial charge in [-0.25, -0.2) is 0 Å². The largest absolute Gasteiger partial charge is 0.480 e. The number of piperidine rings is 1. The van der Waals surface area contributed by atoms with Gasteiger partial charge in [-0.05, 0) is 45.0 Å². The number of hydrogen-bond acceptors (Lipinski definition) is 3. The highest BCUT2D eigenvalue weighted by Gasteiger charge is 2.28. The number of carboxylic acids is 1. The SMILES string of the molecule is Cc1ccc(N(CC(=O)O)C(=O)C2CCNCC2)cc1. The van der Waals surface area contributed by atoms with Crippen LogP contribution >= 0.6 is 0 Å². The zero-order valence-corrected chi connectivity index (χ0v) is 11.6. The molecule has 2 rings (SSSR count). The summed E-state index contributed by atoms with van der Waals surface area (Å²) in [6, 6.07) is 7.38. The first-order chi connectivity index (χ1) is 9.58. The van der Waals surface area contributed by atoms with E-state index in [0.29, 0.717) is 5.69 Å². The molecule has 2 N–H and O–H groups in total. The molecule has 0 saturated carbocycles. The maximum Gasteiger partial charge on any atom is 0.323 e. The van der Waals surface area contributed by atoms with E-state index < -0.39 is 5.97 Å². The first kappa shape index (κ1) is 14.5. The van der Waals surface area contributed by atoms with Crippen LogP contribution in [0.25, 0.3) is 0 Å². The van der Waals surface area contributed by atoms with Gasteiger partial charge in [0.1, 0.15) is 6.54 Å². The molecule has 0 spiro atoms. The average molecular weight is 276 g/mol. The first-order valence-corrected chi connectivity index (χ1v) is 6.88. The van der Waals surface area contributed by atoms with Crippen molar-refractivity contribution in [2.75, 3.05) is 24.5 Å². The predicted molar refractivity (Wildman–Crippen MR) is 76.8 cm³/mol. The lowest BCUT2D eigenvalue weighted by Gasteiger charge is -2.28. The zero-order chi connectivity index (χ0) is 14.5. The van der Waals surface area contributed by atoms with Crippen LogP contribution in [0.5, 0.6) is 0 Å². The highest BCUT2D eigenvalue weighted by atomic mass is 16.4. The summed E-state index contributed by atoms with van der Waals surface area (Å²) in [6.07, 6.45) is 1.53. The summed E-state index contributed by atoms with van der Waals surface area (Å²) < 4.78 is 0. The van der Waals surface area contributed by atoms with Crippen molar-refractivity contribution < 1.29 is 14.7 Å². The van der Waals surface area contributed by atoms with Crippen molar-refractivity contribution in [3.8, 4) is 0 Å². The maximum absolute atomic E-state index is 12.6. The smallest absolute Gasteiger partial charge is 0.323 e. The van der Waals surface area contributed by atoms with E-state index in [4.69, 9.17) is 5.11 Å². The van der Waals surface area contributed by atoms with Crippen molar-refractivity contribution in [1.82, 2.24) is 5.32 Å². The molecule has 20 heavy (non-hydrogen) atoms. The monoisotopic (exact) mass is 276 g/mol. The molecule has 5 nitrogen and oxygen atoms in total. The van der Waals surface area contributed by atoms with Gasteiger partial charge >= 0.3 is 5.97 Å². The number of rotatable bonds is 4. The van der Waals surface area contributed by atoms with Crippen molar-refractivity contribution in [3.05, 3.63) is 29.8 Å². The van der Waals surface area contributed by atoms with Crippen LogP contribution in [-0.4, -0.2) is 36.6 Å². The maximum atomic E-state index is 12.6. The highest BCUT2D eigenvalue weighted by Crippen LogP contribution is 2.21. The number of aliphatic carboxylic acids is 1. The minimum atomic E-state index is -0.993. The van der Waals surface area contributed by atoms with Crippen molar-refractivity contribution in [1.29, 1.82) is 0 Å². The van der Waals surface area contributed by atoms with E-state index in [2.05, 4.69) is 5.32 Å². The van der Waals surface area contributed by atoms with Crippen molar-refractivity contribution >= 4 is 17.6 Å². The van der Waals surface area contributed by atoms with Crippen molar-refractivity contribution in [3.63, 3.8) is 0 Å². The fourth-order valence-electron chi connectivity index (χ4n) is 2.45. The molecule has 0 bridgehead atoms. The molecule has 0 unspecified atom stereocenters. The molecule has 1 amide bonds. The number of aryl methyl sites for hydroxylation is 1. The van der Waals surface area contributed by atoms with Gasteiger partial charge in [0.25, 0.3) is 0 Å². The summed E-state index contributed by atoms with van der Waals surface area (Å²) in [5, 5.41) is 12.3. The van der Waals surface area contributed by atoms with Crippen LogP contribution < -0.4 is 10.2 Å². The standard InChI is InChI=1S/C15H20N2O3/c1-11-2-4-13(5-3-11)17(10-14(18)19)15(20)12-6-8-16-9-7-12/h2-5,12,16H,6-10H2,1H3,(H,18,19). The molecule has 1 saturated heterocycles. The Balaban J connectivity index is 2.19. The summed E-state index contributed by atoms with van der Waals surface area (Å²) in [7, 11) is 0. The Hall–Kier alpha value is -1.88. The Bertz CT molecular complexity index is 478. The summed E-state index contributed by atoms with van der Waals surface area (Å²) >= 11 is 0. The fourth-order valence-corrected chi connectivity index (χ4v) is 2.45. The van der Waals surface area contributed by atoms with Gasteiger partial charge in [-0.1, -0.05) is 17.7 Å². The van der Waals surface area contributed by atoms with Gasteiger partial charge in [-0.15, -0.1) is 0 Å². The minimum Gasteiger partial charge on any atom is -0.480 e. The number of nitrogens with one attached hydrogen (secondary N) is 1. The predicted octanol–water partition coefficient (Wildman–Crippen LogP) is 1.41. The molecular weight excluding hydrogens is 256 g/mol. The summed E-state index contributed by atoms with van der Waals surface area (Å²) in [4.78, 5) is 25.0. The van der Waals surface area contributed by atoms with Crippen molar-refractivity contribution in [2.24, 2.45) is 5.92 Å². The van der Waals surface area contributed by atoms with E-state index in [1.165, 1.54) is 4.90 Å². The Kier molecular flexibility index (Phi) is 4.74. The molecule has 5 heteroatoms. The fraction of sp³-hybridized carbons (Fsp3) is 0.467. The second-order valence-corrected chi connectivity index (χ2v) is 5.18. The number of carboxylic acid groups (broad SMARTS) is 1. The lowest BCUT2D eigenvalue weighted by molar-refractivity contribution is -0.137. The quantitative estimate of drug-likeness (QED) is 0.872. The topological polar surface area (TPSA) is 69.6 Å². The third-order valence-electron chi connectivity index (χ3n) is 3.59. The number of carbonyl (C=O) groups excluding carboxylic acids is 1. The van der Waals surface area contributed by atoms with Gasteiger partial charge in [0.05, 0.1) is 0 Å². The third-order valence-corrected chi connectivity index (χ3v) is 3.59. The molecule has 1 aliphatic heterocycles. The molecular formula is C15H20N2O3. The number of hydrogen-bond donors (Lipinski definition) is 2. The lowest BCUT2D eigenvalue weighted by Crippen LogP contribution is -2.43. The van der Waals surface area contributed by atoms with E-state index >= 15 is 0 Å². The third kappa shape index (κ3) is 3.57. The average Bonchev–Trinajstić information content (AvgIpc) is 2.46. The molecule has 0 aromatic heterocycles. The first-order valence-electron chi connectivity index (χ1n) is 6.88. The lowest BCUT2D eigenvalue weighted by atomic mass is 9.96. The number of nitrogens with zero attached hydrogens (tertiary/aromatic N) is 1. The van der Waals surface area contributed by atoms with Crippen LogP contribution in [0, 0.1) is 12.8 Å². The Morgan fingerprint density at radius 3 is 2.40 bits per heavy atom. The normalized spacial score (nSPS) is 15.8. The van der Waals surface area contributed by atoms with E-state index in [-0.39, 0.29) is 18.4 Å². The van der Waals surface area contributed by atoms with Gasteiger partial charge in [-0.3, -0.25) is 9.59 Å². The van der Waals surface area contributed by atoms with E-state index in [0.717, 1.165) is 31.5 Å². The van der Waals surface area contributed by atoms with Crippen LogP contribution in [-0.2, 0) is 9.59 Å². The number of amides is 1. The zero-order valence-electron chi connectivity index (χ0n) is 11.6. The van der Waals surface area contributed by atoms with Crippen LogP contribution in [0.3, 0.4) is 0 Å². The number of benzene rings is 1. The number of carbonyl (C=O) groups is 2. The van der Waals surface area contributed by atoms with Crippen molar-refractivity contribution in [2.45, 2.75) is 19.8 Å². The molecule has 1 fully saturated rings. The summed E-state index contributed by atoms with van der Waals surface area (Å²) in [5.74, 6) is -1.16. The van der Waals surface area contributed by atoms with E-state index in [1.807, 2.05) is 19.1 Å². The highest BCUT2D eigenvalue weighted by molar-refractivity contribution is 5.98. The molecule has 0 aliphatic carbocycles. The number of anilines is 1. The van der Waals surface area contributed by atoms with Crippen LogP contribution in [0.15, 0.2) is 24.3 Å². The van der Waals surface area contributed by atoms with E-state index in [1.54, 1.807) is 12.1 Å². The summed E-state index contributed by atoms with van der Waals surface area (Å²) in [5.41, 5.74) is 1.74. The molecule has 1 aliphatic rings. The Labute approximate surface area is 118 Å². The molecule has 0 atom stereocenters. The van der Waals surface area contributed by atoms with Crippen LogP contribution in [0.4, 0.5) is 5.69 Å². The molecule has 0 radical (unpaired) electrons. The van der Waals surface area contributed by atoms with Gasteiger partial charge in [0.2, 0.25) is 5.91 Å². The van der Waals surface area contributed by atoms with Crippen LogP contribution in [0.2, 0.25) is 0 Å². The second kappa shape index (κ2) is 6.52. The Morgan fingerprint density at radius 2 is 1.85 bits per heavy atom.